The van der Waals surface area contributed by atoms with Gasteiger partial charge in [0.05, 0.1) is 0 Å². The first kappa shape index (κ1) is 8.81. The van der Waals surface area contributed by atoms with Gasteiger partial charge in [-0.3, -0.25) is 0 Å². The monoisotopic (exact) mass is 190 g/mol. The van der Waals surface area contributed by atoms with Crippen molar-refractivity contribution >= 4 is 12.0 Å². The first-order valence-electron chi connectivity index (χ1n) is 4.50. The van der Waals surface area contributed by atoms with Gasteiger partial charge >= 0.3 is 0 Å². The van der Waals surface area contributed by atoms with Gasteiger partial charge in [0.2, 0.25) is 0 Å². The molecule has 2 bridgehead atoms. The lowest BCUT2D eigenvalue weighted by molar-refractivity contribution is -0.432. The first-order valence-corrected chi connectivity index (χ1v) is 5.41. The molecule has 70 valence electrons. The zero-order valence-electron chi connectivity index (χ0n) is 6.94. The van der Waals surface area contributed by atoms with E-state index in [2.05, 4.69) is 9.37 Å². The van der Waals surface area contributed by atoms with E-state index >= 15 is 0 Å². The Morgan fingerprint density at radius 2 is 2.25 bits per heavy atom. The molecule has 12 heavy (non-hydrogen) atoms. The number of hydrogen-bond donors (Lipinski definition) is 1. The van der Waals surface area contributed by atoms with Gasteiger partial charge in [-0.25, -0.2) is 5.26 Å². The van der Waals surface area contributed by atoms with Gasteiger partial charge in [-0.05, 0) is 37.0 Å². The second-order valence-corrected chi connectivity index (χ2v) is 4.57. The Balaban J connectivity index is 1.69. The summed E-state index contributed by atoms with van der Waals surface area (Å²) < 4.78 is 4.38. The number of hydrogen-bond acceptors (Lipinski definition) is 4. The second kappa shape index (κ2) is 3.96. The van der Waals surface area contributed by atoms with Crippen molar-refractivity contribution in [3.63, 3.8) is 0 Å². The fourth-order valence-corrected chi connectivity index (χ4v) is 3.40. The quantitative estimate of drug-likeness (QED) is 0.320. The molecule has 2 saturated carbocycles. The van der Waals surface area contributed by atoms with Gasteiger partial charge in [-0.15, -0.1) is 4.33 Å². The molecule has 3 unspecified atom stereocenters. The zero-order valence-corrected chi connectivity index (χ0v) is 7.76. The highest BCUT2D eigenvalue weighted by atomic mass is 32.2. The summed E-state index contributed by atoms with van der Waals surface area (Å²) in [5.74, 6) is 3.66. The molecule has 1 N–H and O–H groups in total. The maximum absolute atomic E-state index is 7.93. The van der Waals surface area contributed by atoms with Crippen LogP contribution in [0.15, 0.2) is 0 Å². The van der Waals surface area contributed by atoms with E-state index in [1.165, 1.54) is 37.7 Å². The molecular formula is C8H14O3S. The molecule has 0 amide bonds. The predicted molar refractivity (Wildman–Crippen MR) is 46.2 cm³/mol. The fraction of sp³-hybridized carbons (Fsp3) is 1.00. The summed E-state index contributed by atoms with van der Waals surface area (Å²) in [5, 5.41) is 11.5. The molecule has 0 saturated heterocycles. The van der Waals surface area contributed by atoms with Crippen molar-refractivity contribution in [3.05, 3.63) is 0 Å². The first-order chi connectivity index (χ1) is 5.90. The van der Waals surface area contributed by atoms with E-state index in [9.17, 15) is 0 Å². The van der Waals surface area contributed by atoms with E-state index in [-0.39, 0.29) is 0 Å². The summed E-state index contributed by atoms with van der Waals surface area (Å²) in [6.45, 7) is 0. The molecule has 2 aliphatic rings. The van der Waals surface area contributed by atoms with Crippen molar-refractivity contribution in [3.8, 4) is 0 Å². The molecule has 2 rings (SSSR count). The summed E-state index contributed by atoms with van der Waals surface area (Å²) in [4.78, 5) is 0. The van der Waals surface area contributed by atoms with Gasteiger partial charge in [0, 0.05) is 17.8 Å². The summed E-state index contributed by atoms with van der Waals surface area (Å²) in [6.07, 6.45) is 5.61. The van der Waals surface area contributed by atoms with Crippen molar-refractivity contribution in [1.82, 2.24) is 0 Å². The highest BCUT2D eigenvalue weighted by Crippen LogP contribution is 2.49. The molecular weight excluding hydrogens is 176 g/mol. The van der Waals surface area contributed by atoms with Crippen LogP contribution in [0.3, 0.4) is 0 Å². The maximum Gasteiger partial charge on any atom is 0.0349 e. The Kier molecular flexibility index (Phi) is 2.91. The van der Waals surface area contributed by atoms with Crippen molar-refractivity contribution in [2.75, 3.05) is 5.75 Å². The summed E-state index contributed by atoms with van der Waals surface area (Å²) in [7, 11) is 0. The lowest BCUT2D eigenvalue weighted by atomic mass is 9.90. The standard InChI is InChI=1S/C8H14O3S/c9-10-11-12-5-8-4-6-1-2-7(8)3-6/h6-9H,1-5H2. The van der Waals surface area contributed by atoms with Gasteiger partial charge in [0.1, 0.15) is 0 Å². The Morgan fingerprint density at radius 1 is 1.33 bits per heavy atom. The van der Waals surface area contributed by atoms with Crippen LogP contribution in [0.5, 0.6) is 0 Å². The van der Waals surface area contributed by atoms with Gasteiger partial charge in [0.15, 0.2) is 0 Å². The number of fused-ring (bicyclic) bond motifs is 2. The minimum atomic E-state index is 0.795. The molecule has 2 aliphatic carbocycles. The van der Waals surface area contributed by atoms with E-state index in [4.69, 9.17) is 5.26 Å². The third-order valence-electron chi connectivity index (χ3n) is 3.25. The fourth-order valence-electron chi connectivity index (χ4n) is 2.72. The molecule has 2 fully saturated rings. The van der Waals surface area contributed by atoms with E-state index in [0.29, 0.717) is 0 Å². The highest BCUT2D eigenvalue weighted by molar-refractivity contribution is 7.94. The number of rotatable bonds is 4. The van der Waals surface area contributed by atoms with Crippen LogP contribution in [0.4, 0.5) is 0 Å². The second-order valence-electron chi connectivity index (χ2n) is 3.86. The molecule has 0 radical (unpaired) electrons. The average molecular weight is 190 g/mol. The molecule has 3 atom stereocenters. The van der Waals surface area contributed by atoms with Gasteiger partial charge in [-0.2, -0.15) is 0 Å². The van der Waals surface area contributed by atoms with Crippen LogP contribution in [0.2, 0.25) is 0 Å². The Morgan fingerprint density at radius 3 is 2.83 bits per heavy atom. The van der Waals surface area contributed by atoms with Crippen LogP contribution in [0.1, 0.15) is 25.7 Å². The maximum atomic E-state index is 7.93. The van der Waals surface area contributed by atoms with E-state index in [1.54, 1.807) is 0 Å². The highest BCUT2D eigenvalue weighted by Gasteiger charge is 2.39. The van der Waals surface area contributed by atoms with E-state index in [0.717, 1.165) is 23.5 Å². The van der Waals surface area contributed by atoms with E-state index in [1.807, 2.05) is 0 Å². The third kappa shape index (κ3) is 1.76. The normalized spacial score (nSPS) is 39.2. The van der Waals surface area contributed by atoms with Gasteiger partial charge in [-0.1, -0.05) is 11.5 Å². The Bertz CT molecular complexity index is 153. The third-order valence-corrected chi connectivity index (χ3v) is 3.97. The summed E-state index contributed by atoms with van der Waals surface area (Å²) in [5.41, 5.74) is 0. The summed E-state index contributed by atoms with van der Waals surface area (Å²) in [6, 6.07) is 0. The van der Waals surface area contributed by atoms with Crippen molar-refractivity contribution in [2.24, 2.45) is 17.8 Å². The molecule has 0 aromatic rings. The van der Waals surface area contributed by atoms with Crippen LogP contribution in [0, 0.1) is 17.8 Å². The SMILES string of the molecule is OOOSCC1CC2CCC1C2. The van der Waals surface area contributed by atoms with Crippen LogP contribution in [0.25, 0.3) is 0 Å². The lowest BCUT2D eigenvalue weighted by Crippen LogP contribution is -2.12. The Labute approximate surface area is 76.5 Å². The summed E-state index contributed by atoms with van der Waals surface area (Å²) >= 11 is 1.22. The van der Waals surface area contributed by atoms with Crippen LogP contribution in [-0.2, 0) is 9.37 Å². The average Bonchev–Trinajstić information content (AvgIpc) is 2.65. The molecule has 4 heteroatoms. The zero-order chi connectivity index (χ0) is 8.39. The lowest BCUT2D eigenvalue weighted by Gasteiger charge is -2.19. The molecule has 0 heterocycles. The topological polar surface area (TPSA) is 38.7 Å². The van der Waals surface area contributed by atoms with Crippen LogP contribution in [-0.4, -0.2) is 11.0 Å². The molecule has 0 spiro atoms. The van der Waals surface area contributed by atoms with E-state index < -0.39 is 0 Å². The van der Waals surface area contributed by atoms with Crippen LogP contribution >= 0.6 is 12.0 Å². The van der Waals surface area contributed by atoms with Crippen molar-refractivity contribution in [2.45, 2.75) is 25.7 Å². The smallest absolute Gasteiger partial charge is 0.0349 e. The molecule has 0 aromatic heterocycles. The van der Waals surface area contributed by atoms with Gasteiger partial charge in [0.25, 0.3) is 0 Å². The van der Waals surface area contributed by atoms with Crippen molar-refractivity contribution in [1.29, 1.82) is 0 Å². The van der Waals surface area contributed by atoms with Crippen LogP contribution < -0.4 is 0 Å². The van der Waals surface area contributed by atoms with Crippen molar-refractivity contribution < 1.29 is 14.6 Å². The molecule has 3 nitrogen and oxygen atoms in total. The minimum absolute atomic E-state index is 0.795. The van der Waals surface area contributed by atoms with Gasteiger partial charge < -0.3 is 0 Å². The largest absolute Gasteiger partial charge is 0.220 e. The molecule has 0 aromatic carbocycles. The Hall–Kier alpha value is 0.230. The minimum Gasteiger partial charge on any atom is -0.220 e. The molecule has 0 aliphatic heterocycles. The predicted octanol–water partition coefficient (Wildman–Crippen LogP) is 2.49.